The minimum Gasteiger partial charge on any atom is -0.448 e. The summed E-state index contributed by atoms with van der Waals surface area (Å²) >= 11 is 0. The van der Waals surface area contributed by atoms with E-state index >= 15 is 0 Å². The first kappa shape index (κ1) is 13.7. The number of benzene rings is 1. The van der Waals surface area contributed by atoms with Crippen molar-refractivity contribution in [2.45, 2.75) is 0 Å². The van der Waals surface area contributed by atoms with Crippen LogP contribution in [0.2, 0.25) is 0 Å². The average Bonchev–Trinajstić information content (AvgIpc) is 2.30. The number of carbonyl (C=O) groups excluding carboxylic acids is 2. The van der Waals surface area contributed by atoms with E-state index < -0.39 is 29.2 Å². The number of halogens is 2. The molecule has 0 aliphatic rings. The molecule has 0 saturated carbocycles. The quantitative estimate of drug-likeness (QED) is 0.536. The van der Waals surface area contributed by atoms with Crippen molar-refractivity contribution >= 4 is 17.7 Å². The van der Waals surface area contributed by atoms with Crippen LogP contribution >= 0.6 is 0 Å². The minimum atomic E-state index is -1.14. The maximum Gasteiger partial charge on any atom is 0.404 e. The van der Waals surface area contributed by atoms with Crippen molar-refractivity contribution in [2.75, 3.05) is 18.9 Å². The van der Waals surface area contributed by atoms with Crippen LogP contribution in [0.4, 0.5) is 19.3 Å². The molecule has 0 aliphatic carbocycles. The van der Waals surface area contributed by atoms with Crippen LogP contribution in [0.5, 0.6) is 0 Å². The van der Waals surface area contributed by atoms with Gasteiger partial charge in [0.15, 0.2) is 5.82 Å². The lowest BCUT2D eigenvalue weighted by molar-refractivity contribution is 0.0928. The topological polar surface area (TPSA) is 107 Å². The van der Waals surface area contributed by atoms with Crippen molar-refractivity contribution in [3.8, 4) is 0 Å². The summed E-state index contributed by atoms with van der Waals surface area (Å²) < 4.78 is 31.0. The number of primary amides is 1. The van der Waals surface area contributed by atoms with Gasteiger partial charge in [0.25, 0.3) is 5.91 Å². The van der Waals surface area contributed by atoms with Crippen molar-refractivity contribution in [3.05, 3.63) is 29.3 Å². The SMILES string of the molecule is NC(=O)OCCNC(=O)c1c(F)ccc(N)c1F. The molecule has 8 heteroatoms. The van der Waals surface area contributed by atoms with Gasteiger partial charge in [0.1, 0.15) is 18.0 Å². The number of amides is 2. The fourth-order valence-corrected chi connectivity index (χ4v) is 1.18. The second-order valence-electron chi connectivity index (χ2n) is 3.25. The van der Waals surface area contributed by atoms with Crippen LogP contribution in [0.1, 0.15) is 10.4 Å². The molecule has 98 valence electrons. The fraction of sp³-hybridized carbons (Fsp3) is 0.200. The Morgan fingerprint density at radius 1 is 1.33 bits per heavy atom. The Bertz CT molecular complexity index is 480. The molecule has 0 unspecified atom stereocenters. The first-order valence-corrected chi connectivity index (χ1v) is 4.87. The minimum absolute atomic E-state index is 0.130. The number of hydrogen-bond acceptors (Lipinski definition) is 4. The monoisotopic (exact) mass is 259 g/mol. The Hall–Kier alpha value is -2.38. The van der Waals surface area contributed by atoms with Crippen molar-refractivity contribution < 1.29 is 23.1 Å². The molecule has 0 fully saturated rings. The maximum absolute atomic E-state index is 13.4. The standard InChI is InChI=1S/C10H11F2N3O3/c11-5-1-2-6(13)8(12)7(5)9(16)15-3-4-18-10(14)17/h1-2H,3-4,13H2,(H2,14,17)(H,15,16). The van der Waals surface area contributed by atoms with Gasteiger partial charge < -0.3 is 21.5 Å². The lowest BCUT2D eigenvalue weighted by atomic mass is 10.1. The number of nitrogen functional groups attached to an aromatic ring is 1. The van der Waals surface area contributed by atoms with Crippen LogP contribution in [0.3, 0.4) is 0 Å². The van der Waals surface area contributed by atoms with Gasteiger partial charge in [-0.1, -0.05) is 0 Å². The Morgan fingerprint density at radius 3 is 2.61 bits per heavy atom. The molecule has 1 aromatic rings. The predicted octanol–water partition coefficient (Wildman–Crippen LogP) is 0.372. The lowest BCUT2D eigenvalue weighted by Crippen LogP contribution is -2.30. The molecule has 0 heterocycles. The smallest absolute Gasteiger partial charge is 0.404 e. The maximum atomic E-state index is 13.4. The van der Waals surface area contributed by atoms with Crippen LogP contribution < -0.4 is 16.8 Å². The molecule has 2 amide bonds. The van der Waals surface area contributed by atoms with Gasteiger partial charge in [-0.2, -0.15) is 0 Å². The molecule has 0 aromatic heterocycles. The predicted molar refractivity (Wildman–Crippen MR) is 58.6 cm³/mol. The van der Waals surface area contributed by atoms with Crippen LogP contribution in [-0.2, 0) is 4.74 Å². The second kappa shape index (κ2) is 5.80. The summed E-state index contributed by atoms with van der Waals surface area (Å²) in [5.74, 6) is -3.16. The van der Waals surface area contributed by atoms with Crippen molar-refractivity contribution in [2.24, 2.45) is 5.73 Å². The van der Waals surface area contributed by atoms with Crippen molar-refractivity contribution in [1.82, 2.24) is 5.32 Å². The summed E-state index contributed by atoms with van der Waals surface area (Å²) in [6.45, 7) is -0.331. The first-order valence-electron chi connectivity index (χ1n) is 4.87. The van der Waals surface area contributed by atoms with Crippen LogP contribution in [-0.4, -0.2) is 25.2 Å². The van der Waals surface area contributed by atoms with Gasteiger partial charge in [0.05, 0.1) is 12.2 Å². The number of anilines is 1. The Balaban J connectivity index is 2.67. The normalized spacial score (nSPS) is 9.89. The summed E-state index contributed by atoms with van der Waals surface area (Å²) in [6, 6.07) is 1.89. The molecule has 0 saturated heterocycles. The van der Waals surface area contributed by atoms with Gasteiger partial charge in [-0.3, -0.25) is 4.79 Å². The van der Waals surface area contributed by atoms with Gasteiger partial charge in [-0.05, 0) is 12.1 Å². The highest BCUT2D eigenvalue weighted by Gasteiger charge is 2.19. The van der Waals surface area contributed by atoms with E-state index in [1.54, 1.807) is 0 Å². The van der Waals surface area contributed by atoms with E-state index in [9.17, 15) is 18.4 Å². The molecule has 1 rings (SSSR count). The highest BCUT2D eigenvalue weighted by Crippen LogP contribution is 2.18. The molecular formula is C10H11F2N3O3. The Kier molecular flexibility index (Phi) is 4.41. The first-order chi connectivity index (χ1) is 8.43. The lowest BCUT2D eigenvalue weighted by Gasteiger charge is -2.08. The third kappa shape index (κ3) is 3.30. The summed E-state index contributed by atoms with van der Waals surface area (Å²) in [5.41, 5.74) is 8.77. The number of carbonyl (C=O) groups is 2. The number of nitrogens with one attached hydrogen (secondary N) is 1. The fourth-order valence-electron chi connectivity index (χ4n) is 1.18. The molecule has 0 spiro atoms. The van der Waals surface area contributed by atoms with Gasteiger partial charge in [0.2, 0.25) is 0 Å². The third-order valence-electron chi connectivity index (χ3n) is 1.98. The van der Waals surface area contributed by atoms with E-state index in [2.05, 4.69) is 15.8 Å². The van der Waals surface area contributed by atoms with Crippen LogP contribution in [0, 0.1) is 11.6 Å². The van der Waals surface area contributed by atoms with Crippen molar-refractivity contribution in [1.29, 1.82) is 0 Å². The molecule has 0 radical (unpaired) electrons. The van der Waals surface area contributed by atoms with Gasteiger partial charge in [-0.15, -0.1) is 0 Å². The number of rotatable bonds is 4. The molecule has 0 atom stereocenters. The highest BCUT2D eigenvalue weighted by molar-refractivity contribution is 5.95. The Morgan fingerprint density at radius 2 is 2.00 bits per heavy atom. The molecule has 1 aromatic carbocycles. The summed E-state index contributed by atoms with van der Waals surface area (Å²) in [6.07, 6.45) is -1.01. The summed E-state index contributed by atoms with van der Waals surface area (Å²) in [4.78, 5) is 21.7. The summed E-state index contributed by atoms with van der Waals surface area (Å²) in [7, 11) is 0. The van der Waals surface area contributed by atoms with Crippen LogP contribution in [0.15, 0.2) is 12.1 Å². The number of hydrogen-bond donors (Lipinski definition) is 3. The van der Waals surface area contributed by atoms with E-state index in [0.717, 1.165) is 12.1 Å². The van der Waals surface area contributed by atoms with E-state index in [1.165, 1.54) is 0 Å². The van der Waals surface area contributed by atoms with Gasteiger partial charge >= 0.3 is 6.09 Å². The van der Waals surface area contributed by atoms with Crippen LogP contribution in [0.25, 0.3) is 0 Å². The second-order valence-corrected chi connectivity index (χ2v) is 3.25. The Labute approximate surface area is 101 Å². The third-order valence-corrected chi connectivity index (χ3v) is 1.98. The molecule has 0 aliphatic heterocycles. The largest absolute Gasteiger partial charge is 0.448 e. The van der Waals surface area contributed by atoms with Gasteiger partial charge in [-0.25, -0.2) is 13.6 Å². The average molecular weight is 259 g/mol. The number of nitrogens with two attached hydrogens (primary N) is 2. The molecule has 6 nitrogen and oxygen atoms in total. The van der Waals surface area contributed by atoms with E-state index in [4.69, 9.17) is 5.73 Å². The molecule has 18 heavy (non-hydrogen) atoms. The van der Waals surface area contributed by atoms with Crippen molar-refractivity contribution in [3.63, 3.8) is 0 Å². The zero-order valence-corrected chi connectivity index (χ0v) is 9.20. The molecular weight excluding hydrogens is 248 g/mol. The zero-order chi connectivity index (χ0) is 13.7. The molecule has 5 N–H and O–H groups in total. The summed E-state index contributed by atoms with van der Waals surface area (Å²) in [5, 5.41) is 2.16. The van der Waals surface area contributed by atoms with E-state index in [-0.39, 0.29) is 18.8 Å². The van der Waals surface area contributed by atoms with E-state index in [1.807, 2.05) is 0 Å². The highest BCUT2D eigenvalue weighted by atomic mass is 19.1. The van der Waals surface area contributed by atoms with E-state index in [0.29, 0.717) is 0 Å². The number of ether oxygens (including phenoxy) is 1. The molecule has 0 bridgehead atoms. The zero-order valence-electron chi connectivity index (χ0n) is 9.20. The van der Waals surface area contributed by atoms with Gasteiger partial charge in [0, 0.05) is 0 Å².